The first-order valence-corrected chi connectivity index (χ1v) is 3.98. The molecule has 5 nitrogen and oxygen atoms in total. The Hall–Kier alpha value is -1.49. The lowest BCUT2D eigenvalue weighted by Gasteiger charge is -2.09. The fourth-order valence-corrected chi connectivity index (χ4v) is 0.739. The van der Waals surface area contributed by atoms with Gasteiger partial charge in [0.2, 0.25) is 0 Å². The van der Waals surface area contributed by atoms with E-state index in [1.807, 2.05) is 13.8 Å². The maximum Gasteiger partial charge on any atom is 0.177 e. The second kappa shape index (κ2) is 4.51. The van der Waals surface area contributed by atoms with Gasteiger partial charge in [0, 0.05) is 6.20 Å². The van der Waals surface area contributed by atoms with Gasteiger partial charge in [-0.3, -0.25) is 4.84 Å². The second-order valence-corrected chi connectivity index (χ2v) is 2.75. The molecular weight excluding hydrogens is 168 g/mol. The van der Waals surface area contributed by atoms with Crippen LogP contribution in [0.2, 0.25) is 0 Å². The van der Waals surface area contributed by atoms with Gasteiger partial charge < -0.3 is 0 Å². The van der Waals surface area contributed by atoms with Crippen molar-refractivity contribution >= 4 is 11.5 Å². The number of pyridine rings is 1. The monoisotopic (exact) mass is 180 g/mol. The van der Waals surface area contributed by atoms with E-state index in [9.17, 15) is 0 Å². The molecule has 13 heavy (non-hydrogen) atoms. The molecule has 0 fully saturated rings. The zero-order valence-corrected chi connectivity index (χ0v) is 7.61. The first kappa shape index (κ1) is 9.60. The summed E-state index contributed by atoms with van der Waals surface area (Å²) in [7, 11) is 0. The van der Waals surface area contributed by atoms with Gasteiger partial charge in [-0.15, -0.1) is 0 Å². The Balaban J connectivity index is 2.69. The molecule has 0 aliphatic rings. The molecule has 5 heteroatoms. The summed E-state index contributed by atoms with van der Waals surface area (Å²) in [4.78, 5) is 9.09. The van der Waals surface area contributed by atoms with Crippen molar-refractivity contribution in [3.05, 3.63) is 18.3 Å². The number of nitrogens with one attached hydrogen (secondary N) is 2. The van der Waals surface area contributed by atoms with Crippen LogP contribution in [0.25, 0.3) is 0 Å². The van der Waals surface area contributed by atoms with Crippen molar-refractivity contribution in [1.82, 2.24) is 4.98 Å². The van der Waals surface area contributed by atoms with Crippen LogP contribution in [0, 0.1) is 5.53 Å². The van der Waals surface area contributed by atoms with E-state index in [4.69, 9.17) is 10.4 Å². The summed E-state index contributed by atoms with van der Waals surface area (Å²) >= 11 is 0. The van der Waals surface area contributed by atoms with Gasteiger partial charge in [-0.25, -0.2) is 16.0 Å². The van der Waals surface area contributed by atoms with Crippen LogP contribution in [0.4, 0.5) is 11.5 Å². The molecular formula is C8H12N4O. The zero-order chi connectivity index (χ0) is 9.68. The molecule has 1 aromatic heterocycles. The summed E-state index contributed by atoms with van der Waals surface area (Å²) in [5.74, 6) is 0.464. The third kappa shape index (κ3) is 2.79. The predicted octanol–water partition coefficient (Wildman–Crippen LogP) is 2.50. The smallest absolute Gasteiger partial charge is 0.177 e. The molecule has 0 saturated heterocycles. The molecule has 0 aromatic carbocycles. The minimum Gasteiger partial charge on any atom is -0.272 e. The van der Waals surface area contributed by atoms with Crippen LogP contribution in [0.3, 0.4) is 0 Å². The average Bonchev–Trinajstić information content (AvgIpc) is 2.15. The third-order valence-corrected chi connectivity index (χ3v) is 1.30. The number of rotatable bonds is 4. The van der Waals surface area contributed by atoms with Crippen molar-refractivity contribution in [3.8, 4) is 0 Å². The molecule has 1 rings (SSSR count). The molecule has 2 N–H and O–H groups in total. The second-order valence-electron chi connectivity index (χ2n) is 2.75. The topological polar surface area (TPSA) is 70.4 Å². The molecule has 70 valence electrons. The van der Waals surface area contributed by atoms with Gasteiger partial charge in [0.25, 0.3) is 0 Å². The molecule has 0 amide bonds. The number of aromatic nitrogens is 1. The Bertz CT molecular complexity index is 287. The van der Waals surface area contributed by atoms with E-state index in [1.165, 1.54) is 0 Å². The molecule has 0 aliphatic carbocycles. The Morgan fingerprint density at radius 3 is 3.00 bits per heavy atom. The Labute approximate surface area is 76.6 Å². The van der Waals surface area contributed by atoms with E-state index in [0.29, 0.717) is 11.5 Å². The Morgan fingerprint density at radius 2 is 2.38 bits per heavy atom. The van der Waals surface area contributed by atoms with Gasteiger partial charge in [0.15, 0.2) is 5.82 Å². The molecule has 0 saturated carbocycles. The third-order valence-electron chi connectivity index (χ3n) is 1.30. The highest BCUT2D eigenvalue weighted by Crippen LogP contribution is 2.20. The van der Waals surface area contributed by atoms with Crippen LogP contribution in [0.1, 0.15) is 13.8 Å². The highest BCUT2D eigenvalue weighted by molar-refractivity contribution is 5.57. The summed E-state index contributed by atoms with van der Waals surface area (Å²) in [6.45, 7) is 3.79. The lowest BCUT2D eigenvalue weighted by Crippen LogP contribution is -2.09. The van der Waals surface area contributed by atoms with Crippen LogP contribution < -0.4 is 5.48 Å². The van der Waals surface area contributed by atoms with E-state index in [2.05, 4.69) is 15.6 Å². The van der Waals surface area contributed by atoms with Gasteiger partial charge in [0.1, 0.15) is 5.69 Å². The molecule has 0 unspecified atom stereocenters. The molecule has 1 aromatic rings. The standard InChI is InChI=1S/C8H12N4O/c1-6(2)13-12-8-7(11-9)4-3-5-10-8/h3-6,9H,1-2H3,(H,10,12). The van der Waals surface area contributed by atoms with E-state index in [-0.39, 0.29) is 6.10 Å². The van der Waals surface area contributed by atoms with Crippen LogP contribution >= 0.6 is 0 Å². The van der Waals surface area contributed by atoms with Crippen LogP contribution in [-0.4, -0.2) is 11.1 Å². The van der Waals surface area contributed by atoms with Crippen molar-refractivity contribution < 1.29 is 4.84 Å². The van der Waals surface area contributed by atoms with Crippen molar-refractivity contribution in [2.75, 3.05) is 5.48 Å². The van der Waals surface area contributed by atoms with E-state index < -0.39 is 0 Å². The molecule has 0 radical (unpaired) electrons. The summed E-state index contributed by atoms with van der Waals surface area (Å²) in [6, 6.07) is 3.40. The lowest BCUT2D eigenvalue weighted by atomic mass is 10.4. The SMILES string of the molecule is CC(C)ONc1ncccc1N=N. The number of hydrogen-bond acceptors (Lipinski definition) is 5. The van der Waals surface area contributed by atoms with Crippen LogP contribution in [0.5, 0.6) is 0 Å². The van der Waals surface area contributed by atoms with Crippen molar-refractivity contribution in [3.63, 3.8) is 0 Å². The van der Waals surface area contributed by atoms with Crippen molar-refractivity contribution in [2.45, 2.75) is 20.0 Å². The number of anilines is 1. The minimum atomic E-state index is 0.0561. The van der Waals surface area contributed by atoms with Gasteiger partial charge in [-0.2, -0.15) is 5.11 Å². The number of nitrogens with zero attached hydrogens (tertiary/aromatic N) is 2. The van der Waals surface area contributed by atoms with Crippen molar-refractivity contribution in [1.29, 1.82) is 5.53 Å². The fourth-order valence-electron chi connectivity index (χ4n) is 0.739. The Kier molecular flexibility index (Phi) is 3.33. The molecule has 0 atom stereocenters. The molecule has 0 aliphatic heterocycles. The van der Waals surface area contributed by atoms with Crippen molar-refractivity contribution in [2.24, 2.45) is 5.11 Å². The van der Waals surface area contributed by atoms with Crippen LogP contribution in [-0.2, 0) is 4.84 Å². The quantitative estimate of drug-likeness (QED) is 0.552. The molecule has 1 heterocycles. The Morgan fingerprint density at radius 1 is 1.62 bits per heavy atom. The largest absolute Gasteiger partial charge is 0.272 e. The van der Waals surface area contributed by atoms with Crippen LogP contribution in [0.15, 0.2) is 23.4 Å². The maximum atomic E-state index is 6.86. The highest BCUT2D eigenvalue weighted by Gasteiger charge is 2.01. The van der Waals surface area contributed by atoms with Gasteiger partial charge in [0.05, 0.1) is 6.10 Å². The first-order valence-electron chi connectivity index (χ1n) is 3.98. The minimum absolute atomic E-state index is 0.0561. The first-order chi connectivity index (χ1) is 6.24. The number of hydrogen-bond donors (Lipinski definition) is 2. The summed E-state index contributed by atoms with van der Waals surface area (Å²) in [5.41, 5.74) is 9.96. The molecule has 0 bridgehead atoms. The summed E-state index contributed by atoms with van der Waals surface area (Å²) in [6.07, 6.45) is 1.67. The van der Waals surface area contributed by atoms with Gasteiger partial charge in [-0.1, -0.05) is 0 Å². The fraction of sp³-hybridized carbons (Fsp3) is 0.375. The summed E-state index contributed by atoms with van der Waals surface area (Å²) in [5, 5.41) is 3.29. The lowest BCUT2D eigenvalue weighted by molar-refractivity contribution is 0.129. The predicted molar refractivity (Wildman–Crippen MR) is 48.9 cm³/mol. The zero-order valence-electron chi connectivity index (χ0n) is 7.61. The van der Waals surface area contributed by atoms with Gasteiger partial charge >= 0.3 is 0 Å². The molecule has 0 spiro atoms. The highest BCUT2D eigenvalue weighted by atomic mass is 16.7. The van der Waals surface area contributed by atoms with E-state index in [1.54, 1.807) is 18.3 Å². The average molecular weight is 180 g/mol. The summed E-state index contributed by atoms with van der Waals surface area (Å²) < 4.78 is 0. The maximum absolute atomic E-state index is 6.86. The normalized spacial score (nSPS) is 10.1. The van der Waals surface area contributed by atoms with Gasteiger partial charge in [-0.05, 0) is 26.0 Å². The van der Waals surface area contributed by atoms with E-state index >= 15 is 0 Å². The van der Waals surface area contributed by atoms with E-state index in [0.717, 1.165) is 0 Å².